The highest BCUT2D eigenvalue weighted by atomic mass is 16.5. The van der Waals surface area contributed by atoms with Crippen molar-refractivity contribution in [2.75, 3.05) is 13.2 Å². The molecule has 1 aromatic rings. The topological polar surface area (TPSA) is 67.4 Å². The first-order chi connectivity index (χ1) is 10.5. The molecule has 1 spiro atoms. The van der Waals surface area contributed by atoms with Gasteiger partial charge < -0.3 is 10.1 Å². The van der Waals surface area contributed by atoms with Gasteiger partial charge in [0, 0.05) is 19.9 Å². The van der Waals surface area contributed by atoms with Crippen molar-refractivity contribution in [3.8, 4) is 0 Å². The van der Waals surface area contributed by atoms with Crippen LogP contribution in [-0.2, 0) is 19.9 Å². The minimum atomic E-state index is -0.550. The van der Waals surface area contributed by atoms with Gasteiger partial charge in [-0.1, -0.05) is 42.5 Å². The van der Waals surface area contributed by atoms with E-state index < -0.39 is 5.54 Å². The molecule has 5 nitrogen and oxygen atoms in total. The van der Waals surface area contributed by atoms with Crippen LogP contribution in [0.25, 0.3) is 0 Å². The van der Waals surface area contributed by atoms with Gasteiger partial charge in [-0.2, -0.15) is 0 Å². The predicted octanol–water partition coefficient (Wildman–Crippen LogP) is 1.25. The van der Waals surface area contributed by atoms with Crippen LogP contribution in [0.2, 0.25) is 0 Å². The zero-order chi connectivity index (χ0) is 15.6. The van der Waals surface area contributed by atoms with Crippen LogP contribution in [0.1, 0.15) is 25.3 Å². The van der Waals surface area contributed by atoms with E-state index in [0.717, 1.165) is 12.0 Å². The fourth-order valence-corrected chi connectivity index (χ4v) is 3.06. The minimum Gasteiger partial charge on any atom is -0.463 e. The van der Waals surface area contributed by atoms with Crippen molar-refractivity contribution in [3.63, 3.8) is 0 Å². The van der Waals surface area contributed by atoms with Crippen LogP contribution < -0.4 is 10.6 Å². The summed E-state index contributed by atoms with van der Waals surface area (Å²) in [5.74, 6) is -0.224. The number of amides is 1. The quantitative estimate of drug-likeness (QED) is 0.651. The van der Waals surface area contributed by atoms with E-state index in [9.17, 15) is 9.59 Å². The number of nitrogens with one attached hydrogen (secondary N) is 2. The Morgan fingerprint density at radius 2 is 2.05 bits per heavy atom. The molecule has 0 unspecified atom stereocenters. The molecule has 0 bridgehead atoms. The lowest BCUT2D eigenvalue weighted by molar-refractivity contribution is -0.142. The number of carbonyl (C=O) groups is 2. The Labute approximate surface area is 129 Å². The van der Waals surface area contributed by atoms with E-state index in [1.165, 1.54) is 6.92 Å². The third kappa shape index (κ3) is 2.76. The van der Waals surface area contributed by atoms with E-state index in [4.69, 9.17) is 4.74 Å². The van der Waals surface area contributed by atoms with Gasteiger partial charge in [-0.15, -0.1) is 0 Å². The van der Waals surface area contributed by atoms with Crippen LogP contribution in [0.4, 0.5) is 0 Å². The van der Waals surface area contributed by atoms with Crippen molar-refractivity contribution in [1.29, 1.82) is 0 Å². The lowest BCUT2D eigenvalue weighted by atomic mass is 9.82. The first-order valence-electron chi connectivity index (χ1n) is 7.49. The maximum Gasteiger partial charge on any atom is 0.302 e. The SMILES string of the molecule is CC(=O)OC[C@@]1(c2ccccc2)C=C[C@]2(CCC(=O)N2)CN1. The van der Waals surface area contributed by atoms with Gasteiger partial charge in [0.25, 0.3) is 0 Å². The van der Waals surface area contributed by atoms with Crippen molar-refractivity contribution < 1.29 is 14.3 Å². The molecule has 1 amide bonds. The molecule has 0 saturated carbocycles. The number of esters is 1. The smallest absolute Gasteiger partial charge is 0.302 e. The third-order valence-corrected chi connectivity index (χ3v) is 4.38. The van der Waals surface area contributed by atoms with E-state index in [0.29, 0.717) is 13.0 Å². The van der Waals surface area contributed by atoms with Crippen molar-refractivity contribution in [3.05, 3.63) is 48.0 Å². The zero-order valence-corrected chi connectivity index (χ0v) is 12.6. The number of hydrogen-bond acceptors (Lipinski definition) is 4. The lowest BCUT2D eigenvalue weighted by Gasteiger charge is -2.41. The van der Waals surface area contributed by atoms with Gasteiger partial charge in [-0.25, -0.2) is 0 Å². The summed E-state index contributed by atoms with van der Waals surface area (Å²) in [6.07, 6.45) is 5.40. The average Bonchev–Trinajstić information content (AvgIpc) is 2.89. The van der Waals surface area contributed by atoms with Crippen LogP contribution in [0, 0.1) is 0 Å². The highest BCUT2D eigenvalue weighted by Crippen LogP contribution is 2.32. The Hall–Kier alpha value is -2.14. The normalized spacial score (nSPS) is 30.3. The predicted molar refractivity (Wildman–Crippen MR) is 82.0 cm³/mol. The largest absolute Gasteiger partial charge is 0.463 e. The van der Waals surface area contributed by atoms with Crippen LogP contribution in [0.5, 0.6) is 0 Å². The Kier molecular flexibility index (Phi) is 3.74. The summed E-state index contributed by atoms with van der Waals surface area (Å²) in [5.41, 5.74) is 0.170. The molecule has 2 aliphatic rings. The van der Waals surface area contributed by atoms with Crippen LogP contribution in [-0.4, -0.2) is 30.6 Å². The lowest BCUT2D eigenvalue weighted by Crippen LogP contribution is -2.58. The summed E-state index contributed by atoms with van der Waals surface area (Å²) < 4.78 is 5.27. The third-order valence-electron chi connectivity index (χ3n) is 4.38. The second-order valence-electron chi connectivity index (χ2n) is 6.01. The first-order valence-corrected chi connectivity index (χ1v) is 7.49. The molecule has 2 heterocycles. The summed E-state index contributed by atoms with van der Waals surface area (Å²) >= 11 is 0. The standard InChI is InChI=1S/C17H20N2O3/c1-13(20)22-12-17(14-5-3-2-4-6-14)10-9-16(11-18-17)8-7-15(21)19-16/h2-6,9-10,18H,7-8,11-12H2,1H3,(H,19,21)/t16-,17-/m1/s1. The first kappa shape index (κ1) is 14.8. The van der Waals surface area contributed by atoms with Crippen molar-refractivity contribution in [2.24, 2.45) is 0 Å². The van der Waals surface area contributed by atoms with E-state index in [-0.39, 0.29) is 24.0 Å². The second kappa shape index (κ2) is 5.57. The highest BCUT2D eigenvalue weighted by molar-refractivity contribution is 5.80. The van der Waals surface area contributed by atoms with Crippen LogP contribution in [0.3, 0.4) is 0 Å². The molecule has 3 rings (SSSR count). The van der Waals surface area contributed by atoms with E-state index in [2.05, 4.69) is 10.6 Å². The molecule has 2 N–H and O–H groups in total. The fraction of sp³-hybridized carbons (Fsp3) is 0.412. The molecular formula is C17H20N2O3. The Morgan fingerprint density at radius 3 is 2.59 bits per heavy atom. The van der Waals surface area contributed by atoms with Crippen molar-refractivity contribution >= 4 is 11.9 Å². The van der Waals surface area contributed by atoms with Crippen molar-refractivity contribution in [1.82, 2.24) is 10.6 Å². The van der Waals surface area contributed by atoms with Gasteiger partial charge in [0.15, 0.2) is 0 Å². The Bertz CT molecular complexity index is 614. The van der Waals surface area contributed by atoms with Crippen LogP contribution in [0.15, 0.2) is 42.5 Å². The summed E-state index contributed by atoms with van der Waals surface area (Å²) in [6.45, 7) is 2.25. The van der Waals surface area contributed by atoms with E-state index >= 15 is 0 Å². The van der Waals surface area contributed by atoms with Crippen LogP contribution >= 0.6 is 0 Å². The molecule has 1 saturated heterocycles. The molecule has 1 fully saturated rings. The summed E-state index contributed by atoms with van der Waals surface area (Å²) in [4.78, 5) is 22.7. The molecule has 116 valence electrons. The Morgan fingerprint density at radius 1 is 1.27 bits per heavy atom. The molecule has 2 aliphatic heterocycles. The Balaban J connectivity index is 1.90. The monoisotopic (exact) mass is 300 g/mol. The van der Waals surface area contributed by atoms with Gasteiger partial charge in [0.2, 0.25) is 5.91 Å². The number of hydrogen-bond donors (Lipinski definition) is 2. The van der Waals surface area contributed by atoms with Gasteiger partial charge in [0.1, 0.15) is 6.61 Å². The van der Waals surface area contributed by atoms with E-state index in [1.54, 1.807) is 0 Å². The highest BCUT2D eigenvalue weighted by Gasteiger charge is 2.43. The molecule has 0 aromatic heterocycles. The number of ether oxygens (including phenoxy) is 1. The molecule has 5 heteroatoms. The maximum atomic E-state index is 11.5. The van der Waals surface area contributed by atoms with Gasteiger partial charge in [0.05, 0.1) is 11.1 Å². The minimum absolute atomic E-state index is 0.0821. The average molecular weight is 300 g/mol. The molecule has 1 aromatic carbocycles. The summed E-state index contributed by atoms with van der Waals surface area (Å²) in [6, 6.07) is 9.89. The van der Waals surface area contributed by atoms with Crippen molar-refractivity contribution in [2.45, 2.75) is 30.8 Å². The second-order valence-corrected chi connectivity index (χ2v) is 6.01. The number of carbonyl (C=O) groups excluding carboxylic acids is 2. The zero-order valence-electron chi connectivity index (χ0n) is 12.6. The molecular weight excluding hydrogens is 280 g/mol. The van der Waals surface area contributed by atoms with E-state index in [1.807, 2.05) is 42.5 Å². The number of rotatable bonds is 3. The van der Waals surface area contributed by atoms with Gasteiger partial charge in [-0.05, 0) is 12.0 Å². The molecule has 22 heavy (non-hydrogen) atoms. The maximum absolute atomic E-state index is 11.5. The molecule has 2 atom stereocenters. The number of benzene rings is 1. The molecule has 0 radical (unpaired) electrons. The fourth-order valence-electron chi connectivity index (χ4n) is 3.06. The molecule has 0 aliphatic carbocycles. The summed E-state index contributed by atoms with van der Waals surface area (Å²) in [7, 11) is 0. The van der Waals surface area contributed by atoms with Gasteiger partial charge in [-0.3, -0.25) is 14.9 Å². The summed E-state index contributed by atoms with van der Waals surface area (Å²) in [5, 5.41) is 6.51. The van der Waals surface area contributed by atoms with Gasteiger partial charge >= 0.3 is 5.97 Å².